The first-order valence-corrected chi connectivity index (χ1v) is 9.80. The summed E-state index contributed by atoms with van der Waals surface area (Å²) in [7, 11) is 2.94. The second-order valence-corrected chi connectivity index (χ2v) is 7.61. The van der Waals surface area contributed by atoms with Gasteiger partial charge in [0.05, 0.1) is 17.0 Å². The predicted molar refractivity (Wildman–Crippen MR) is 112 cm³/mol. The van der Waals surface area contributed by atoms with Gasteiger partial charge >= 0.3 is 5.69 Å². The summed E-state index contributed by atoms with van der Waals surface area (Å²) >= 11 is 1.55. The Kier molecular flexibility index (Phi) is 4.85. The van der Waals surface area contributed by atoms with Crippen LogP contribution < -0.4 is 16.6 Å². The van der Waals surface area contributed by atoms with Crippen LogP contribution >= 0.6 is 11.3 Å². The van der Waals surface area contributed by atoms with E-state index in [1.165, 1.54) is 23.9 Å². The van der Waals surface area contributed by atoms with Crippen molar-refractivity contribution in [2.45, 2.75) is 6.04 Å². The summed E-state index contributed by atoms with van der Waals surface area (Å²) in [4.78, 5) is 42.7. The molecule has 0 bridgehead atoms. The zero-order valence-corrected chi connectivity index (χ0v) is 16.6. The standard InChI is InChI=1S/C21H18N4O3S/c1-24-18-15(20(27)25(2)21(24)28)11-14(12-22-18)19(26)23-17(16-9-6-10-29-16)13-7-4-3-5-8-13/h3-12,17H,1-2H3,(H,23,26)/t17-/m1/s1. The third kappa shape index (κ3) is 3.38. The molecule has 0 aliphatic carbocycles. The Morgan fingerprint density at radius 2 is 1.83 bits per heavy atom. The Balaban J connectivity index is 1.75. The molecule has 0 fully saturated rings. The van der Waals surface area contributed by atoms with E-state index in [0.717, 1.165) is 15.0 Å². The lowest BCUT2D eigenvalue weighted by atomic mass is 10.0. The molecular weight excluding hydrogens is 388 g/mol. The summed E-state index contributed by atoms with van der Waals surface area (Å²) in [6.45, 7) is 0. The van der Waals surface area contributed by atoms with E-state index in [4.69, 9.17) is 0 Å². The molecule has 7 nitrogen and oxygen atoms in total. The SMILES string of the molecule is Cn1c(=O)c2cc(C(=O)N[C@H](c3ccccc3)c3cccs3)cnc2n(C)c1=O. The van der Waals surface area contributed by atoms with Gasteiger partial charge in [0.2, 0.25) is 0 Å². The van der Waals surface area contributed by atoms with Crippen molar-refractivity contribution < 1.29 is 4.79 Å². The molecule has 0 unspecified atom stereocenters. The predicted octanol–water partition coefficient (Wildman–Crippen LogP) is 2.21. The van der Waals surface area contributed by atoms with Crippen LogP contribution in [0.2, 0.25) is 0 Å². The number of hydrogen-bond acceptors (Lipinski definition) is 5. The minimum absolute atomic E-state index is 0.217. The smallest absolute Gasteiger partial charge is 0.332 e. The maximum atomic E-state index is 13.0. The summed E-state index contributed by atoms with van der Waals surface area (Å²) in [5, 5.41) is 5.21. The highest BCUT2D eigenvalue weighted by atomic mass is 32.1. The number of aromatic nitrogens is 3. The van der Waals surface area contributed by atoms with E-state index in [9.17, 15) is 14.4 Å². The van der Waals surface area contributed by atoms with Gasteiger partial charge in [-0.05, 0) is 23.1 Å². The Morgan fingerprint density at radius 1 is 1.07 bits per heavy atom. The number of rotatable bonds is 4. The fourth-order valence-corrected chi connectivity index (χ4v) is 4.03. The minimum atomic E-state index is -0.483. The topological polar surface area (TPSA) is 86.0 Å². The molecule has 146 valence electrons. The number of nitrogens with one attached hydrogen (secondary N) is 1. The highest BCUT2D eigenvalue weighted by Gasteiger charge is 2.20. The van der Waals surface area contributed by atoms with Crippen LogP contribution in [0.15, 0.2) is 69.7 Å². The molecule has 0 aliphatic heterocycles. The Labute approximate surface area is 169 Å². The van der Waals surface area contributed by atoms with Crippen molar-refractivity contribution in [1.29, 1.82) is 0 Å². The highest BCUT2D eigenvalue weighted by Crippen LogP contribution is 2.26. The molecule has 8 heteroatoms. The van der Waals surface area contributed by atoms with Gasteiger partial charge in [0, 0.05) is 25.2 Å². The van der Waals surface area contributed by atoms with Crippen LogP contribution in [0.5, 0.6) is 0 Å². The molecule has 0 aliphatic rings. The zero-order chi connectivity index (χ0) is 20.5. The lowest BCUT2D eigenvalue weighted by molar-refractivity contribution is 0.0943. The normalized spacial score (nSPS) is 12.1. The summed E-state index contributed by atoms with van der Waals surface area (Å²) < 4.78 is 2.29. The van der Waals surface area contributed by atoms with E-state index in [0.29, 0.717) is 0 Å². The first-order chi connectivity index (χ1) is 14.0. The van der Waals surface area contributed by atoms with E-state index >= 15 is 0 Å². The van der Waals surface area contributed by atoms with Gasteiger partial charge in [-0.2, -0.15) is 0 Å². The average Bonchev–Trinajstić information content (AvgIpc) is 3.29. The Bertz CT molecular complexity index is 1310. The van der Waals surface area contributed by atoms with Crippen LogP contribution in [0.1, 0.15) is 26.8 Å². The summed E-state index contributed by atoms with van der Waals surface area (Å²) in [6, 6.07) is 14.7. The van der Waals surface area contributed by atoms with Crippen molar-refractivity contribution in [3.63, 3.8) is 0 Å². The molecule has 0 radical (unpaired) electrons. The van der Waals surface area contributed by atoms with Gasteiger partial charge in [-0.1, -0.05) is 36.4 Å². The van der Waals surface area contributed by atoms with Gasteiger partial charge in [-0.15, -0.1) is 11.3 Å². The van der Waals surface area contributed by atoms with Gasteiger partial charge in [-0.25, -0.2) is 9.78 Å². The molecule has 29 heavy (non-hydrogen) atoms. The van der Waals surface area contributed by atoms with Crippen molar-refractivity contribution in [1.82, 2.24) is 19.4 Å². The lowest BCUT2D eigenvalue weighted by Gasteiger charge is -2.18. The highest BCUT2D eigenvalue weighted by molar-refractivity contribution is 7.10. The molecule has 1 aromatic carbocycles. The summed E-state index contributed by atoms with van der Waals surface area (Å²) in [5.74, 6) is -0.349. The number of fused-ring (bicyclic) bond motifs is 1. The second-order valence-electron chi connectivity index (χ2n) is 6.63. The second kappa shape index (κ2) is 7.48. The van der Waals surface area contributed by atoms with Gasteiger partial charge in [0.1, 0.15) is 5.65 Å². The monoisotopic (exact) mass is 406 g/mol. The molecule has 0 saturated heterocycles. The number of hydrogen-bond donors (Lipinski definition) is 1. The fourth-order valence-electron chi connectivity index (χ4n) is 3.22. The number of carbonyl (C=O) groups excluding carboxylic acids is 1. The van der Waals surface area contributed by atoms with Gasteiger partial charge in [0.25, 0.3) is 11.5 Å². The molecule has 4 aromatic rings. The lowest BCUT2D eigenvalue weighted by Crippen LogP contribution is -2.37. The molecule has 1 amide bonds. The van der Waals surface area contributed by atoms with Crippen LogP contribution in [0.25, 0.3) is 11.0 Å². The minimum Gasteiger partial charge on any atom is -0.340 e. The van der Waals surface area contributed by atoms with Gasteiger partial charge < -0.3 is 5.32 Å². The molecular formula is C21H18N4O3S. The van der Waals surface area contributed by atoms with E-state index in [1.807, 2.05) is 47.8 Å². The van der Waals surface area contributed by atoms with Crippen LogP contribution in [-0.4, -0.2) is 20.0 Å². The molecule has 1 atom stereocenters. The molecule has 3 heterocycles. The molecule has 1 N–H and O–H groups in total. The molecule has 3 aromatic heterocycles. The van der Waals surface area contributed by atoms with Crippen molar-refractivity contribution in [3.05, 3.63) is 96.9 Å². The van der Waals surface area contributed by atoms with Crippen molar-refractivity contribution in [3.8, 4) is 0 Å². The largest absolute Gasteiger partial charge is 0.340 e. The average molecular weight is 406 g/mol. The third-order valence-electron chi connectivity index (χ3n) is 4.79. The first kappa shape index (κ1) is 18.8. The van der Waals surface area contributed by atoms with Gasteiger partial charge in [-0.3, -0.25) is 18.7 Å². The van der Waals surface area contributed by atoms with E-state index < -0.39 is 11.2 Å². The van der Waals surface area contributed by atoms with Crippen LogP contribution in [-0.2, 0) is 14.1 Å². The number of nitrogens with zero attached hydrogens (tertiary/aromatic N) is 3. The summed E-state index contributed by atoms with van der Waals surface area (Å²) in [5.41, 5.74) is 0.505. The van der Waals surface area contributed by atoms with Crippen LogP contribution in [0.3, 0.4) is 0 Å². The number of amides is 1. The number of benzene rings is 1. The molecule has 0 spiro atoms. The van der Waals surface area contributed by atoms with Crippen LogP contribution in [0.4, 0.5) is 0 Å². The van der Waals surface area contributed by atoms with E-state index in [-0.39, 0.29) is 28.5 Å². The molecule has 4 rings (SSSR count). The zero-order valence-electron chi connectivity index (χ0n) is 15.8. The Hall–Kier alpha value is -3.52. The van der Waals surface area contributed by atoms with Crippen molar-refractivity contribution >= 4 is 28.3 Å². The number of pyridine rings is 1. The maximum Gasteiger partial charge on any atom is 0.332 e. The van der Waals surface area contributed by atoms with Crippen LogP contribution in [0, 0.1) is 0 Å². The molecule has 0 saturated carbocycles. The van der Waals surface area contributed by atoms with Gasteiger partial charge in [0.15, 0.2) is 0 Å². The first-order valence-electron chi connectivity index (χ1n) is 8.92. The fraction of sp³-hybridized carbons (Fsp3) is 0.143. The third-order valence-corrected chi connectivity index (χ3v) is 5.73. The number of carbonyl (C=O) groups is 1. The van der Waals surface area contributed by atoms with Crippen molar-refractivity contribution in [2.75, 3.05) is 0 Å². The summed E-state index contributed by atoms with van der Waals surface area (Å²) in [6.07, 6.45) is 1.38. The Morgan fingerprint density at radius 3 is 2.52 bits per heavy atom. The maximum absolute atomic E-state index is 13.0. The quantitative estimate of drug-likeness (QED) is 0.563. The number of aryl methyl sites for hydroxylation is 1. The van der Waals surface area contributed by atoms with Crippen molar-refractivity contribution in [2.24, 2.45) is 14.1 Å². The number of thiophene rings is 1. The van der Waals surface area contributed by atoms with E-state index in [2.05, 4.69) is 10.3 Å². The van der Waals surface area contributed by atoms with E-state index in [1.54, 1.807) is 18.4 Å².